The molecule has 0 radical (unpaired) electrons. The molecule has 0 unspecified atom stereocenters. The Morgan fingerprint density at radius 3 is 2.06 bits per heavy atom. The number of hydrogen-bond acceptors (Lipinski definition) is 9. The summed E-state index contributed by atoms with van der Waals surface area (Å²) in [4.78, 5) is 13.7. The molecule has 0 saturated carbocycles. The SMILES string of the molecule is COCCOCOCc1cc(OC)cc(OC)c1C(=O)c1cc(OC)cc(OC)c1CO. The molecule has 0 aliphatic heterocycles. The highest BCUT2D eigenvalue weighted by molar-refractivity contribution is 6.13. The summed E-state index contributed by atoms with van der Waals surface area (Å²) in [5.41, 5.74) is 1.37. The predicted molar refractivity (Wildman–Crippen MR) is 116 cm³/mol. The van der Waals surface area contributed by atoms with E-state index in [4.69, 9.17) is 33.2 Å². The van der Waals surface area contributed by atoms with Gasteiger partial charge in [-0.25, -0.2) is 0 Å². The van der Waals surface area contributed by atoms with Crippen LogP contribution in [-0.4, -0.2) is 66.4 Å². The predicted octanol–water partition coefficient (Wildman–Crippen LogP) is 2.58. The largest absolute Gasteiger partial charge is 0.497 e. The minimum atomic E-state index is -0.397. The molecule has 0 aliphatic carbocycles. The second-order valence-corrected chi connectivity index (χ2v) is 6.57. The number of ketones is 1. The monoisotopic (exact) mass is 450 g/mol. The van der Waals surface area contributed by atoms with Gasteiger partial charge in [0.25, 0.3) is 0 Å². The molecule has 0 fully saturated rings. The molecule has 0 saturated heterocycles. The highest BCUT2D eigenvalue weighted by Crippen LogP contribution is 2.35. The van der Waals surface area contributed by atoms with Crippen LogP contribution in [0.1, 0.15) is 27.0 Å². The zero-order chi connectivity index (χ0) is 23.5. The van der Waals surface area contributed by atoms with Gasteiger partial charge in [0.1, 0.15) is 29.8 Å². The van der Waals surface area contributed by atoms with Crippen LogP contribution in [0.25, 0.3) is 0 Å². The molecule has 0 spiro atoms. The number of aliphatic hydroxyl groups excluding tert-OH is 1. The lowest BCUT2D eigenvalue weighted by atomic mass is 9.93. The minimum absolute atomic E-state index is 0.0192. The lowest BCUT2D eigenvalue weighted by Crippen LogP contribution is -2.13. The van der Waals surface area contributed by atoms with E-state index in [2.05, 4.69) is 0 Å². The molecule has 1 N–H and O–H groups in total. The van der Waals surface area contributed by atoms with Crippen LogP contribution in [0, 0.1) is 0 Å². The number of benzene rings is 2. The normalized spacial score (nSPS) is 10.7. The average molecular weight is 450 g/mol. The number of ether oxygens (including phenoxy) is 7. The maximum Gasteiger partial charge on any atom is 0.197 e. The summed E-state index contributed by atoms with van der Waals surface area (Å²) in [6.45, 7) is 0.517. The van der Waals surface area contributed by atoms with E-state index in [-0.39, 0.29) is 30.3 Å². The fourth-order valence-electron chi connectivity index (χ4n) is 3.13. The van der Waals surface area contributed by atoms with E-state index >= 15 is 0 Å². The van der Waals surface area contributed by atoms with Crippen molar-refractivity contribution in [1.82, 2.24) is 0 Å². The molecule has 0 atom stereocenters. The molecular formula is C23H30O9. The molecule has 0 heterocycles. The van der Waals surface area contributed by atoms with Crippen molar-refractivity contribution in [3.63, 3.8) is 0 Å². The first-order valence-corrected chi connectivity index (χ1v) is 9.84. The molecule has 32 heavy (non-hydrogen) atoms. The Hall–Kier alpha value is -2.85. The van der Waals surface area contributed by atoms with Crippen molar-refractivity contribution in [2.45, 2.75) is 13.2 Å². The van der Waals surface area contributed by atoms with E-state index in [9.17, 15) is 9.90 Å². The fraction of sp³-hybridized carbons (Fsp3) is 0.435. The Labute approximate surface area is 187 Å². The molecule has 0 amide bonds. The minimum Gasteiger partial charge on any atom is -0.497 e. The Kier molecular flexibility index (Phi) is 10.2. The molecule has 0 aromatic heterocycles. The summed E-state index contributed by atoms with van der Waals surface area (Å²) in [7, 11) is 7.50. The zero-order valence-corrected chi connectivity index (χ0v) is 19.1. The average Bonchev–Trinajstić information content (AvgIpc) is 2.83. The molecular weight excluding hydrogens is 420 g/mol. The number of hydrogen-bond donors (Lipinski definition) is 1. The van der Waals surface area contributed by atoms with E-state index in [1.165, 1.54) is 28.4 Å². The Bertz CT molecular complexity index is 896. The summed E-state index contributed by atoms with van der Waals surface area (Å²) in [5, 5.41) is 9.94. The van der Waals surface area contributed by atoms with E-state index in [0.29, 0.717) is 47.3 Å². The second kappa shape index (κ2) is 12.9. The quantitative estimate of drug-likeness (QED) is 0.264. The smallest absolute Gasteiger partial charge is 0.197 e. The van der Waals surface area contributed by atoms with Crippen LogP contribution in [-0.2, 0) is 27.4 Å². The number of methoxy groups -OCH3 is 5. The first kappa shape index (κ1) is 25.4. The Morgan fingerprint density at radius 1 is 0.812 bits per heavy atom. The molecule has 2 rings (SSSR count). The molecule has 2 aromatic carbocycles. The molecule has 9 nitrogen and oxygen atoms in total. The third kappa shape index (κ3) is 6.10. The van der Waals surface area contributed by atoms with Gasteiger partial charge < -0.3 is 38.3 Å². The van der Waals surface area contributed by atoms with Crippen molar-refractivity contribution in [2.24, 2.45) is 0 Å². The van der Waals surface area contributed by atoms with Crippen LogP contribution < -0.4 is 18.9 Å². The van der Waals surface area contributed by atoms with Crippen molar-refractivity contribution < 1.29 is 43.1 Å². The summed E-state index contributed by atoms with van der Waals surface area (Å²) < 4.78 is 37.3. The van der Waals surface area contributed by atoms with Gasteiger partial charge in [0.2, 0.25) is 0 Å². The topological polar surface area (TPSA) is 102 Å². The lowest BCUT2D eigenvalue weighted by Gasteiger charge is -2.18. The molecule has 9 heteroatoms. The Morgan fingerprint density at radius 2 is 1.47 bits per heavy atom. The van der Waals surface area contributed by atoms with Gasteiger partial charge in [-0.3, -0.25) is 4.79 Å². The zero-order valence-electron chi connectivity index (χ0n) is 19.1. The van der Waals surface area contributed by atoms with Gasteiger partial charge in [0, 0.05) is 30.4 Å². The summed E-state index contributed by atoms with van der Waals surface area (Å²) in [6.07, 6.45) is 0. The maximum absolute atomic E-state index is 13.7. The van der Waals surface area contributed by atoms with Gasteiger partial charge in [-0.15, -0.1) is 0 Å². The van der Waals surface area contributed by atoms with Crippen molar-refractivity contribution in [3.05, 3.63) is 46.5 Å². The van der Waals surface area contributed by atoms with Gasteiger partial charge in [-0.1, -0.05) is 0 Å². The first-order chi connectivity index (χ1) is 15.5. The number of aliphatic hydroxyl groups is 1. The highest BCUT2D eigenvalue weighted by Gasteiger charge is 2.25. The standard InChI is InChI=1S/C23H30O9/c1-26-6-7-31-14-32-13-15-8-16(27-2)11-21(30-5)22(15)23(25)18-9-17(28-3)10-20(29-4)19(18)12-24/h8-11,24H,6-7,12-14H2,1-5H3. The molecule has 0 bridgehead atoms. The van der Waals surface area contributed by atoms with Gasteiger partial charge >= 0.3 is 0 Å². The third-order valence-electron chi connectivity index (χ3n) is 4.74. The van der Waals surface area contributed by atoms with Gasteiger partial charge in [0.15, 0.2) is 5.78 Å². The summed E-state index contributed by atoms with van der Waals surface area (Å²) >= 11 is 0. The van der Waals surface area contributed by atoms with E-state index in [1.807, 2.05) is 0 Å². The molecule has 2 aromatic rings. The van der Waals surface area contributed by atoms with Crippen molar-refractivity contribution in [2.75, 3.05) is 55.6 Å². The van der Waals surface area contributed by atoms with Crippen LogP contribution in [0.4, 0.5) is 0 Å². The van der Waals surface area contributed by atoms with E-state index in [0.717, 1.165) is 0 Å². The van der Waals surface area contributed by atoms with Crippen LogP contribution in [0.2, 0.25) is 0 Å². The van der Waals surface area contributed by atoms with Crippen LogP contribution >= 0.6 is 0 Å². The third-order valence-corrected chi connectivity index (χ3v) is 4.74. The van der Waals surface area contributed by atoms with Crippen molar-refractivity contribution >= 4 is 5.78 Å². The maximum atomic E-state index is 13.7. The fourth-order valence-corrected chi connectivity index (χ4v) is 3.13. The molecule has 176 valence electrons. The molecule has 0 aliphatic rings. The summed E-state index contributed by atoms with van der Waals surface area (Å²) in [6, 6.07) is 6.47. The Balaban J connectivity index is 2.49. The van der Waals surface area contributed by atoms with E-state index < -0.39 is 6.61 Å². The van der Waals surface area contributed by atoms with Crippen molar-refractivity contribution in [1.29, 1.82) is 0 Å². The van der Waals surface area contributed by atoms with Crippen molar-refractivity contribution in [3.8, 4) is 23.0 Å². The van der Waals surface area contributed by atoms with Crippen LogP contribution in [0.15, 0.2) is 24.3 Å². The highest BCUT2D eigenvalue weighted by atomic mass is 16.7. The van der Waals surface area contributed by atoms with Gasteiger partial charge in [-0.2, -0.15) is 0 Å². The van der Waals surface area contributed by atoms with Crippen LogP contribution in [0.5, 0.6) is 23.0 Å². The van der Waals surface area contributed by atoms with E-state index in [1.54, 1.807) is 31.4 Å². The summed E-state index contributed by atoms with van der Waals surface area (Å²) in [5.74, 6) is 1.18. The second-order valence-electron chi connectivity index (χ2n) is 6.57. The number of carbonyl (C=O) groups is 1. The number of carbonyl (C=O) groups excluding carboxylic acids is 1. The first-order valence-electron chi connectivity index (χ1n) is 9.84. The number of rotatable bonds is 14. The van der Waals surface area contributed by atoms with Gasteiger partial charge in [-0.05, 0) is 17.7 Å². The lowest BCUT2D eigenvalue weighted by molar-refractivity contribution is -0.0726. The van der Waals surface area contributed by atoms with Gasteiger partial charge in [0.05, 0.1) is 60.4 Å². The van der Waals surface area contributed by atoms with Crippen LogP contribution in [0.3, 0.4) is 0 Å².